The largest absolute Gasteiger partial charge is 0.353 e. The predicted molar refractivity (Wildman–Crippen MR) is 105 cm³/mol. The number of piperazine rings is 1. The van der Waals surface area contributed by atoms with E-state index in [4.69, 9.17) is 0 Å². The van der Waals surface area contributed by atoms with Gasteiger partial charge in [0.25, 0.3) is 5.91 Å². The first-order valence-corrected chi connectivity index (χ1v) is 9.83. The summed E-state index contributed by atoms with van der Waals surface area (Å²) in [6.45, 7) is 5.14. The Hall–Kier alpha value is -2.70. The lowest BCUT2D eigenvalue weighted by molar-refractivity contribution is 0.0761. The van der Waals surface area contributed by atoms with Gasteiger partial charge in [-0.05, 0) is 25.0 Å². The molecule has 2 fully saturated rings. The van der Waals surface area contributed by atoms with Gasteiger partial charge in [0, 0.05) is 57.9 Å². The SMILES string of the molecule is O=C(c1cnc(N2CCN(c3ccccn3)CC2)nc1)N1CCCCCC1. The van der Waals surface area contributed by atoms with Crippen LogP contribution in [0.2, 0.25) is 0 Å². The summed E-state index contributed by atoms with van der Waals surface area (Å²) in [5.74, 6) is 1.77. The van der Waals surface area contributed by atoms with Gasteiger partial charge in [0.1, 0.15) is 5.82 Å². The van der Waals surface area contributed by atoms with Gasteiger partial charge in [0.15, 0.2) is 0 Å². The van der Waals surface area contributed by atoms with E-state index in [9.17, 15) is 4.79 Å². The summed E-state index contributed by atoms with van der Waals surface area (Å²) < 4.78 is 0. The molecule has 1 amide bonds. The van der Waals surface area contributed by atoms with E-state index in [1.807, 2.05) is 29.3 Å². The number of nitrogens with zero attached hydrogens (tertiary/aromatic N) is 6. The quantitative estimate of drug-likeness (QED) is 0.830. The first-order valence-electron chi connectivity index (χ1n) is 9.83. The Morgan fingerprint density at radius 1 is 0.778 bits per heavy atom. The maximum Gasteiger partial charge on any atom is 0.256 e. The fraction of sp³-hybridized carbons (Fsp3) is 0.500. The van der Waals surface area contributed by atoms with Crippen LogP contribution < -0.4 is 9.80 Å². The number of hydrogen-bond donors (Lipinski definition) is 0. The summed E-state index contributed by atoms with van der Waals surface area (Å²) in [5, 5.41) is 0. The third kappa shape index (κ3) is 4.18. The zero-order valence-corrected chi connectivity index (χ0v) is 15.6. The number of hydrogen-bond acceptors (Lipinski definition) is 6. The molecule has 27 heavy (non-hydrogen) atoms. The van der Waals surface area contributed by atoms with E-state index in [-0.39, 0.29) is 5.91 Å². The van der Waals surface area contributed by atoms with Gasteiger partial charge in [-0.1, -0.05) is 18.9 Å². The van der Waals surface area contributed by atoms with E-state index >= 15 is 0 Å². The fourth-order valence-electron chi connectivity index (χ4n) is 3.73. The highest BCUT2D eigenvalue weighted by atomic mass is 16.2. The molecular formula is C20H26N6O. The van der Waals surface area contributed by atoms with Gasteiger partial charge in [-0.25, -0.2) is 15.0 Å². The lowest BCUT2D eigenvalue weighted by atomic mass is 10.2. The van der Waals surface area contributed by atoms with Crippen LogP contribution in [0.5, 0.6) is 0 Å². The van der Waals surface area contributed by atoms with Crippen LogP contribution in [0.4, 0.5) is 11.8 Å². The minimum absolute atomic E-state index is 0.0587. The highest BCUT2D eigenvalue weighted by Gasteiger charge is 2.21. The number of carbonyl (C=O) groups is 1. The number of likely N-dealkylation sites (tertiary alicyclic amines) is 1. The van der Waals surface area contributed by atoms with E-state index in [1.54, 1.807) is 12.4 Å². The van der Waals surface area contributed by atoms with Gasteiger partial charge in [0.05, 0.1) is 5.56 Å². The molecule has 0 atom stereocenters. The second-order valence-corrected chi connectivity index (χ2v) is 7.14. The Morgan fingerprint density at radius 2 is 1.44 bits per heavy atom. The third-order valence-electron chi connectivity index (χ3n) is 5.31. The van der Waals surface area contributed by atoms with Crippen LogP contribution in [-0.4, -0.2) is 65.0 Å². The van der Waals surface area contributed by atoms with Gasteiger partial charge < -0.3 is 14.7 Å². The summed E-state index contributed by atoms with van der Waals surface area (Å²) in [5.41, 5.74) is 0.591. The van der Waals surface area contributed by atoms with E-state index < -0.39 is 0 Å². The van der Waals surface area contributed by atoms with Gasteiger partial charge >= 0.3 is 0 Å². The first-order chi connectivity index (χ1) is 13.3. The molecule has 2 saturated heterocycles. The third-order valence-corrected chi connectivity index (χ3v) is 5.31. The van der Waals surface area contributed by atoms with E-state index in [0.717, 1.165) is 57.9 Å². The van der Waals surface area contributed by atoms with Crippen molar-refractivity contribution in [3.05, 3.63) is 42.4 Å². The second-order valence-electron chi connectivity index (χ2n) is 7.14. The number of aromatic nitrogens is 3. The number of pyridine rings is 1. The van der Waals surface area contributed by atoms with Gasteiger partial charge in [0.2, 0.25) is 5.95 Å². The molecule has 7 heteroatoms. The molecule has 2 aliphatic rings. The molecule has 2 aromatic rings. The van der Waals surface area contributed by atoms with Crippen LogP contribution in [0.1, 0.15) is 36.0 Å². The molecule has 0 aliphatic carbocycles. The molecule has 0 saturated carbocycles. The van der Waals surface area contributed by atoms with Crippen molar-refractivity contribution in [3.8, 4) is 0 Å². The molecule has 142 valence electrons. The van der Waals surface area contributed by atoms with Crippen molar-refractivity contribution in [1.29, 1.82) is 0 Å². The lowest BCUT2D eigenvalue weighted by Crippen LogP contribution is -2.47. The van der Waals surface area contributed by atoms with Crippen LogP contribution in [0.3, 0.4) is 0 Å². The van der Waals surface area contributed by atoms with Crippen molar-refractivity contribution in [2.24, 2.45) is 0 Å². The van der Waals surface area contributed by atoms with Crippen molar-refractivity contribution >= 4 is 17.7 Å². The van der Waals surface area contributed by atoms with E-state index in [2.05, 4.69) is 24.8 Å². The maximum absolute atomic E-state index is 12.7. The Balaban J connectivity index is 1.36. The normalized spacial score (nSPS) is 18.3. The van der Waals surface area contributed by atoms with Crippen molar-refractivity contribution in [2.45, 2.75) is 25.7 Å². The first kappa shape index (κ1) is 17.7. The van der Waals surface area contributed by atoms with Crippen LogP contribution in [0.25, 0.3) is 0 Å². The lowest BCUT2D eigenvalue weighted by Gasteiger charge is -2.35. The monoisotopic (exact) mass is 366 g/mol. The molecule has 7 nitrogen and oxygen atoms in total. The molecule has 0 aromatic carbocycles. The van der Waals surface area contributed by atoms with Gasteiger partial charge in [-0.15, -0.1) is 0 Å². The van der Waals surface area contributed by atoms with E-state index in [1.165, 1.54) is 12.8 Å². The Labute approximate surface area is 160 Å². The van der Waals surface area contributed by atoms with Crippen LogP contribution in [0.15, 0.2) is 36.8 Å². The summed E-state index contributed by atoms with van der Waals surface area (Å²) >= 11 is 0. The van der Waals surface area contributed by atoms with Crippen molar-refractivity contribution < 1.29 is 4.79 Å². The standard InChI is InChI=1S/C20H26N6O/c27-19(25-9-5-1-2-6-10-25)17-15-22-20(23-16-17)26-13-11-24(12-14-26)18-7-3-4-8-21-18/h3-4,7-8,15-16H,1-2,5-6,9-14H2. The number of rotatable bonds is 3. The number of anilines is 2. The molecule has 4 rings (SSSR count). The molecule has 2 aliphatic heterocycles. The Morgan fingerprint density at radius 3 is 2.07 bits per heavy atom. The Bertz CT molecular complexity index is 735. The number of amides is 1. The highest BCUT2D eigenvalue weighted by Crippen LogP contribution is 2.17. The second kappa shape index (κ2) is 8.33. The fourth-order valence-corrected chi connectivity index (χ4v) is 3.73. The van der Waals surface area contributed by atoms with Crippen molar-refractivity contribution in [2.75, 3.05) is 49.1 Å². The minimum Gasteiger partial charge on any atom is -0.353 e. The smallest absolute Gasteiger partial charge is 0.256 e. The van der Waals surface area contributed by atoms with Crippen molar-refractivity contribution in [3.63, 3.8) is 0 Å². The van der Waals surface area contributed by atoms with Gasteiger partial charge in [-0.3, -0.25) is 4.79 Å². The maximum atomic E-state index is 12.7. The molecule has 0 N–H and O–H groups in total. The van der Waals surface area contributed by atoms with Crippen LogP contribution in [0, 0.1) is 0 Å². The van der Waals surface area contributed by atoms with Crippen molar-refractivity contribution in [1.82, 2.24) is 19.9 Å². The molecule has 0 unspecified atom stereocenters. The van der Waals surface area contributed by atoms with Crippen LogP contribution in [-0.2, 0) is 0 Å². The summed E-state index contributed by atoms with van der Waals surface area (Å²) in [6.07, 6.45) is 9.79. The Kier molecular flexibility index (Phi) is 5.46. The van der Waals surface area contributed by atoms with Gasteiger partial charge in [-0.2, -0.15) is 0 Å². The average Bonchev–Trinajstić information content (AvgIpc) is 3.04. The molecule has 4 heterocycles. The zero-order chi connectivity index (χ0) is 18.5. The summed E-state index contributed by atoms with van der Waals surface area (Å²) in [4.78, 5) is 32.4. The minimum atomic E-state index is 0.0587. The molecule has 0 bridgehead atoms. The topological polar surface area (TPSA) is 65.5 Å². The average molecular weight is 366 g/mol. The predicted octanol–water partition coefficient (Wildman–Crippen LogP) is 2.21. The molecular weight excluding hydrogens is 340 g/mol. The number of carbonyl (C=O) groups excluding carboxylic acids is 1. The summed E-state index contributed by atoms with van der Waals surface area (Å²) in [6, 6.07) is 5.98. The molecule has 2 aromatic heterocycles. The van der Waals surface area contributed by atoms with E-state index in [0.29, 0.717) is 11.5 Å². The molecule has 0 radical (unpaired) electrons. The zero-order valence-electron chi connectivity index (χ0n) is 15.6. The molecule has 0 spiro atoms. The summed E-state index contributed by atoms with van der Waals surface area (Å²) in [7, 11) is 0. The van der Waals surface area contributed by atoms with Crippen LogP contribution >= 0.6 is 0 Å². The highest BCUT2D eigenvalue weighted by molar-refractivity contribution is 5.93.